The number of ether oxygens (including phenoxy) is 1. The van der Waals surface area contributed by atoms with Crippen LogP contribution in [0.15, 0.2) is 55.1 Å². The number of amides is 3. The minimum absolute atomic E-state index is 0.0329. The molecule has 1 atom stereocenters. The molecule has 1 aliphatic rings. The second-order valence-corrected chi connectivity index (χ2v) is 9.83. The van der Waals surface area contributed by atoms with Gasteiger partial charge in [-0.3, -0.25) is 19.4 Å². The van der Waals surface area contributed by atoms with Crippen molar-refractivity contribution < 1.29 is 23.5 Å². The molecule has 11 heteroatoms. The van der Waals surface area contributed by atoms with Gasteiger partial charge < -0.3 is 24.8 Å². The zero-order valence-electron chi connectivity index (χ0n) is 22.1. The lowest BCUT2D eigenvalue weighted by Crippen LogP contribution is -2.51. The summed E-state index contributed by atoms with van der Waals surface area (Å²) in [5.74, 6) is -0.460. The maximum atomic E-state index is 13.8. The average Bonchev–Trinajstić information content (AvgIpc) is 3.37. The van der Waals surface area contributed by atoms with E-state index in [9.17, 15) is 18.8 Å². The van der Waals surface area contributed by atoms with Crippen LogP contribution in [0.1, 0.15) is 37.0 Å². The quantitative estimate of drug-likeness (QED) is 0.532. The number of pyridine rings is 1. The summed E-state index contributed by atoms with van der Waals surface area (Å²) in [4.78, 5) is 48.8. The van der Waals surface area contributed by atoms with Crippen LogP contribution >= 0.6 is 0 Å². The third-order valence-electron chi connectivity index (χ3n) is 6.23. The monoisotopic (exact) mass is 536 g/mol. The van der Waals surface area contributed by atoms with Crippen LogP contribution in [-0.2, 0) is 16.1 Å². The molecule has 2 bridgehead atoms. The molecule has 0 saturated carbocycles. The van der Waals surface area contributed by atoms with Gasteiger partial charge in [-0.1, -0.05) is 26.0 Å². The van der Waals surface area contributed by atoms with E-state index in [1.165, 1.54) is 11.1 Å². The molecule has 0 fully saturated rings. The molecule has 2 N–H and O–H groups in total. The second-order valence-electron chi connectivity index (χ2n) is 9.83. The molecule has 1 aromatic carbocycles. The first-order valence-electron chi connectivity index (χ1n) is 13.0. The van der Waals surface area contributed by atoms with Crippen molar-refractivity contribution >= 4 is 17.7 Å². The number of benzene rings is 1. The van der Waals surface area contributed by atoms with Crippen molar-refractivity contribution in [2.24, 2.45) is 5.92 Å². The average molecular weight is 537 g/mol. The van der Waals surface area contributed by atoms with Crippen LogP contribution in [0.3, 0.4) is 0 Å². The third-order valence-corrected chi connectivity index (χ3v) is 6.23. The predicted octanol–water partition coefficient (Wildman–Crippen LogP) is 2.66. The zero-order chi connectivity index (χ0) is 27.8. The molecule has 3 aromatic rings. The summed E-state index contributed by atoms with van der Waals surface area (Å²) in [5, 5.41) is 5.69. The summed E-state index contributed by atoms with van der Waals surface area (Å²) < 4.78 is 21.6. The lowest BCUT2D eigenvalue weighted by Gasteiger charge is -2.25. The molecule has 3 heterocycles. The van der Waals surface area contributed by atoms with Crippen LogP contribution in [0.4, 0.5) is 4.39 Å². The number of hydrogen-bond donors (Lipinski definition) is 2. The van der Waals surface area contributed by atoms with E-state index in [4.69, 9.17) is 4.74 Å². The Morgan fingerprint density at radius 1 is 1.21 bits per heavy atom. The van der Waals surface area contributed by atoms with Gasteiger partial charge in [0.2, 0.25) is 11.8 Å². The third kappa shape index (κ3) is 7.62. The highest BCUT2D eigenvalue weighted by Crippen LogP contribution is 2.23. The number of aromatic nitrogens is 3. The van der Waals surface area contributed by atoms with Crippen LogP contribution in [0.5, 0.6) is 5.75 Å². The van der Waals surface area contributed by atoms with Crippen LogP contribution in [0.25, 0.3) is 11.4 Å². The number of nitrogens with zero attached hydrogens (tertiary/aromatic N) is 4. The number of fused-ring (bicyclic) bond motifs is 4. The fourth-order valence-electron chi connectivity index (χ4n) is 4.42. The molecule has 0 spiro atoms. The van der Waals surface area contributed by atoms with Gasteiger partial charge in [0.25, 0.3) is 5.91 Å². The molecule has 0 saturated heterocycles. The first-order valence-corrected chi connectivity index (χ1v) is 13.0. The van der Waals surface area contributed by atoms with E-state index in [-0.39, 0.29) is 37.1 Å². The van der Waals surface area contributed by atoms with Gasteiger partial charge >= 0.3 is 0 Å². The molecule has 10 nitrogen and oxygen atoms in total. The van der Waals surface area contributed by atoms with Gasteiger partial charge in [-0.15, -0.1) is 0 Å². The van der Waals surface area contributed by atoms with E-state index in [0.717, 1.165) is 23.7 Å². The summed E-state index contributed by atoms with van der Waals surface area (Å²) >= 11 is 0. The Morgan fingerprint density at radius 3 is 2.85 bits per heavy atom. The molecule has 2 aromatic heterocycles. The first-order chi connectivity index (χ1) is 18.8. The molecule has 0 radical (unpaired) electrons. The van der Waals surface area contributed by atoms with E-state index >= 15 is 0 Å². The number of rotatable bonds is 3. The summed E-state index contributed by atoms with van der Waals surface area (Å²) in [6, 6.07) is 7.83. The highest BCUT2D eigenvalue weighted by molar-refractivity contribution is 5.97. The van der Waals surface area contributed by atoms with E-state index in [0.29, 0.717) is 31.7 Å². The summed E-state index contributed by atoms with van der Waals surface area (Å²) in [6.07, 6.45) is 6.66. The van der Waals surface area contributed by atoms with Crippen molar-refractivity contribution in [1.29, 1.82) is 0 Å². The van der Waals surface area contributed by atoms with Gasteiger partial charge in [0, 0.05) is 43.8 Å². The first kappa shape index (κ1) is 27.7. The number of halogens is 1. The lowest BCUT2D eigenvalue weighted by atomic mass is 10.0. The van der Waals surface area contributed by atoms with E-state index in [1.54, 1.807) is 6.20 Å². The zero-order valence-corrected chi connectivity index (χ0v) is 22.1. The number of nitrogens with one attached hydrogen (secondary N) is 2. The van der Waals surface area contributed by atoms with Crippen molar-refractivity contribution in [3.63, 3.8) is 0 Å². The summed E-state index contributed by atoms with van der Waals surface area (Å²) in [6.45, 7) is 4.90. The van der Waals surface area contributed by atoms with Crippen molar-refractivity contribution in [3.05, 3.63) is 66.5 Å². The van der Waals surface area contributed by atoms with E-state index < -0.39 is 23.7 Å². The molecule has 1 aliphatic heterocycles. The largest absolute Gasteiger partial charge is 0.494 e. The van der Waals surface area contributed by atoms with Crippen molar-refractivity contribution in [1.82, 2.24) is 30.1 Å². The van der Waals surface area contributed by atoms with Gasteiger partial charge in [0.1, 0.15) is 23.4 Å². The van der Waals surface area contributed by atoms with Crippen molar-refractivity contribution in [3.8, 4) is 17.1 Å². The van der Waals surface area contributed by atoms with Crippen LogP contribution in [0, 0.1) is 11.7 Å². The van der Waals surface area contributed by atoms with Gasteiger partial charge in [-0.25, -0.2) is 9.37 Å². The number of imidazole rings is 1. The lowest BCUT2D eigenvalue weighted by molar-refractivity contribution is -0.129. The molecule has 206 valence electrons. The fraction of sp³-hybridized carbons (Fsp3) is 0.393. The van der Waals surface area contributed by atoms with Gasteiger partial charge in [0.15, 0.2) is 0 Å². The normalized spacial score (nSPS) is 17.3. The predicted molar refractivity (Wildman–Crippen MR) is 142 cm³/mol. The van der Waals surface area contributed by atoms with Crippen LogP contribution in [0.2, 0.25) is 0 Å². The Morgan fingerprint density at radius 2 is 2.05 bits per heavy atom. The summed E-state index contributed by atoms with van der Waals surface area (Å²) in [7, 11) is 0. The Labute approximate surface area is 226 Å². The molecular formula is C28H33FN6O4. The highest BCUT2D eigenvalue weighted by Gasteiger charge is 2.25. The van der Waals surface area contributed by atoms with E-state index in [1.807, 2.05) is 48.9 Å². The van der Waals surface area contributed by atoms with Gasteiger partial charge in [-0.05, 0) is 37.0 Å². The Bertz CT molecular complexity index is 1310. The van der Waals surface area contributed by atoms with E-state index in [2.05, 4.69) is 20.6 Å². The molecule has 0 unspecified atom stereocenters. The number of carbonyl (C=O) groups excluding carboxylic acids is 3. The maximum absolute atomic E-state index is 13.8. The molecular weight excluding hydrogens is 503 g/mol. The minimum Gasteiger partial charge on any atom is -0.494 e. The minimum atomic E-state index is -0.772. The maximum Gasteiger partial charge on any atom is 0.255 e. The molecule has 39 heavy (non-hydrogen) atoms. The van der Waals surface area contributed by atoms with Crippen LogP contribution in [-0.4, -0.2) is 69.4 Å². The smallest absolute Gasteiger partial charge is 0.255 e. The Hall–Kier alpha value is -4.28. The molecule has 3 amide bonds. The number of hydrogen-bond acceptors (Lipinski definition) is 6. The van der Waals surface area contributed by atoms with Crippen molar-refractivity contribution in [2.75, 3.05) is 26.2 Å². The molecule has 0 aliphatic carbocycles. The highest BCUT2D eigenvalue weighted by atomic mass is 19.1. The Balaban J connectivity index is 1.59. The fourth-order valence-corrected chi connectivity index (χ4v) is 4.42. The number of carbonyl (C=O) groups is 3. The SMILES string of the molecule is CC(C)C[C@H]1NC(=O)CN(C(=O)c2cncc(F)c2)CCCOc2cccc(c2)-c2nccn2CCNC1=O. The van der Waals surface area contributed by atoms with Gasteiger partial charge in [-0.2, -0.15) is 0 Å². The second kappa shape index (κ2) is 13.0. The topological polar surface area (TPSA) is 118 Å². The molecule has 4 rings (SSSR count). The van der Waals surface area contributed by atoms with Crippen molar-refractivity contribution in [2.45, 2.75) is 39.3 Å². The van der Waals surface area contributed by atoms with Gasteiger partial charge in [0.05, 0.1) is 24.9 Å². The summed E-state index contributed by atoms with van der Waals surface area (Å²) in [5.41, 5.74) is 0.899. The van der Waals surface area contributed by atoms with Crippen LogP contribution < -0.4 is 15.4 Å². The Kier molecular flexibility index (Phi) is 9.24. The standard InChI is InChI=1S/C28H33FN6O4/c1-19(2)13-24-27(37)32-8-11-34-10-7-31-26(34)20-5-3-6-23(15-20)39-12-4-9-35(18-25(36)33-24)28(38)21-14-22(29)17-30-16-21/h3,5-7,10,14-17,19,24H,4,8-9,11-13,18H2,1-2H3,(H,32,37)(H,33,36)/t24-/m1/s1.